The van der Waals surface area contributed by atoms with E-state index in [2.05, 4.69) is 28.9 Å². The van der Waals surface area contributed by atoms with Gasteiger partial charge in [0.15, 0.2) is 0 Å². The third-order valence-corrected chi connectivity index (χ3v) is 7.06. The maximum Gasteiger partial charge on any atom is 0.234 e. The number of ether oxygens (including phenoxy) is 1. The zero-order chi connectivity index (χ0) is 26.6. The third-order valence-electron chi connectivity index (χ3n) is 7.06. The molecule has 38 heavy (non-hydrogen) atoms. The van der Waals surface area contributed by atoms with Gasteiger partial charge in [-0.15, -0.1) is 0 Å². The topological polar surface area (TPSA) is 93.4 Å². The smallest absolute Gasteiger partial charge is 0.234 e. The molecule has 1 aliphatic rings. The van der Waals surface area contributed by atoms with Crippen LogP contribution in [0.1, 0.15) is 66.6 Å². The first-order valence-corrected chi connectivity index (χ1v) is 13.0. The number of amides is 1. The van der Waals surface area contributed by atoms with Gasteiger partial charge in [-0.25, -0.2) is 4.98 Å². The fourth-order valence-electron chi connectivity index (χ4n) is 5.05. The van der Waals surface area contributed by atoms with E-state index in [0.29, 0.717) is 24.9 Å². The van der Waals surface area contributed by atoms with Crippen LogP contribution in [0.5, 0.6) is 11.6 Å². The predicted octanol–water partition coefficient (Wildman–Crippen LogP) is 5.21. The average molecular weight is 512 g/mol. The maximum absolute atomic E-state index is 14.1. The molecule has 0 fully saturated rings. The van der Waals surface area contributed by atoms with Crippen molar-refractivity contribution in [1.29, 1.82) is 0 Å². The zero-order valence-electron chi connectivity index (χ0n) is 22.0. The minimum Gasteiger partial charge on any atom is -0.508 e. The summed E-state index contributed by atoms with van der Waals surface area (Å²) in [5.41, 5.74) is 5.25. The molecular formula is C30H33N5O3. The number of carbonyl (C=O) groups excluding carboxylic acids is 1. The van der Waals surface area contributed by atoms with Gasteiger partial charge in [0.05, 0.1) is 49.9 Å². The molecule has 3 aromatic heterocycles. The van der Waals surface area contributed by atoms with Gasteiger partial charge < -0.3 is 14.7 Å². The van der Waals surface area contributed by atoms with Gasteiger partial charge >= 0.3 is 0 Å². The van der Waals surface area contributed by atoms with E-state index in [9.17, 15) is 9.90 Å². The molecule has 1 amide bonds. The molecule has 5 rings (SSSR count). The van der Waals surface area contributed by atoms with E-state index in [-0.39, 0.29) is 17.6 Å². The number of pyridine rings is 2. The molecule has 1 N–H and O–H groups in total. The van der Waals surface area contributed by atoms with Crippen molar-refractivity contribution >= 4 is 11.6 Å². The molecule has 196 valence electrons. The minimum atomic E-state index is -0.327. The first-order valence-electron chi connectivity index (χ1n) is 13.0. The Hall–Kier alpha value is -4.20. The Kier molecular flexibility index (Phi) is 7.40. The Bertz CT molecular complexity index is 1410. The fraction of sp³-hybridized carbons (Fsp3) is 0.333. The number of nitrogens with zero attached hydrogens (tertiary/aromatic N) is 5. The van der Waals surface area contributed by atoms with E-state index in [1.807, 2.05) is 53.3 Å². The second kappa shape index (κ2) is 11.0. The lowest BCUT2D eigenvalue weighted by Gasteiger charge is -2.31. The van der Waals surface area contributed by atoms with Crippen molar-refractivity contribution in [3.63, 3.8) is 0 Å². The van der Waals surface area contributed by atoms with Crippen LogP contribution in [0.4, 0.5) is 5.69 Å². The average Bonchev–Trinajstić information content (AvgIpc) is 3.38. The van der Waals surface area contributed by atoms with Crippen LogP contribution in [0.25, 0.3) is 0 Å². The second-order valence-electron chi connectivity index (χ2n) is 10.0. The molecule has 3 heterocycles. The van der Waals surface area contributed by atoms with Crippen molar-refractivity contribution in [2.75, 3.05) is 12.0 Å². The van der Waals surface area contributed by atoms with Crippen molar-refractivity contribution in [1.82, 2.24) is 19.7 Å². The molecule has 8 nitrogen and oxygen atoms in total. The number of methoxy groups -OCH3 is 1. The van der Waals surface area contributed by atoms with Gasteiger partial charge in [0.1, 0.15) is 5.75 Å². The fourth-order valence-corrected chi connectivity index (χ4v) is 5.05. The van der Waals surface area contributed by atoms with Crippen LogP contribution in [0, 0.1) is 0 Å². The molecule has 0 spiro atoms. The van der Waals surface area contributed by atoms with Gasteiger partial charge in [-0.3, -0.25) is 14.5 Å². The van der Waals surface area contributed by atoms with E-state index in [1.165, 1.54) is 0 Å². The number of aromatic nitrogens is 4. The Morgan fingerprint density at radius 2 is 2.00 bits per heavy atom. The Labute approximate surface area is 222 Å². The van der Waals surface area contributed by atoms with Crippen LogP contribution in [-0.4, -0.2) is 37.9 Å². The molecule has 0 radical (unpaired) electrons. The van der Waals surface area contributed by atoms with Crippen LogP contribution in [-0.2, 0) is 24.3 Å². The lowest BCUT2D eigenvalue weighted by atomic mass is 9.81. The van der Waals surface area contributed by atoms with Gasteiger partial charge in [0.2, 0.25) is 11.8 Å². The third kappa shape index (κ3) is 5.39. The highest BCUT2D eigenvalue weighted by Crippen LogP contribution is 2.38. The number of anilines is 1. The summed E-state index contributed by atoms with van der Waals surface area (Å²) in [5.74, 6) is 0.791. The zero-order valence-corrected chi connectivity index (χ0v) is 22.0. The summed E-state index contributed by atoms with van der Waals surface area (Å²) in [5, 5.41) is 14.9. The van der Waals surface area contributed by atoms with Crippen molar-refractivity contribution < 1.29 is 14.6 Å². The van der Waals surface area contributed by atoms with Crippen molar-refractivity contribution in [2.24, 2.45) is 0 Å². The number of benzene rings is 1. The molecule has 4 aromatic rings. The van der Waals surface area contributed by atoms with Gasteiger partial charge in [-0.1, -0.05) is 32.0 Å². The number of rotatable bonds is 8. The van der Waals surface area contributed by atoms with E-state index in [1.54, 1.807) is 30.5 Å². The molecular weight excluding hydrogens is 478 g/mol. The standard InChI is InChI=1S/C30H33N5O3/c1-20(2)27-14-13-23(16-31-27)35(30(37)26-10-5-9-25-24(26)8-6-11-28(25)36)18-21-15-32-34(17-21)19-22-7-4-12-29(33-22)38-3/h4,6-8,11-17,20,26,36H,5,9-10,18-19H2,1-3H3. The van der Waals surface area contributed by atoms with Gasteiger partial charge in [0.25, 0.3) is 0 Å². The highest BCUT2D eigenvalue weighted by Gasteiger charge is 2.32. The summed E-state index contributed by atoms with van der Waals surface area (Å²) < 4.78 is 7.05. The van der Waals surface area contributed by atoms with Gasteiger partial charge in [-0.05, 0) is 60.6 Å². The SMILES string of the molecule is COc1cccc(Cn2cc(CN(C(=O)C3CCCc4c(O)cccc43)c3ccc(C(C)C)nc3)cn2)n1. The molecule has 0 saturated heterocycles. The van der Waals surface area contributed by atoms with Crippen molar-refractivity contribution in [3.05, 3.63) is 95.2 Å². The number of hydrogen-bond donors (Lipinski definition) is 1. The summed E-state index contributed by atoms with van der Waals surface area (Å²) in [6.07, 6.45) is 7.88. The Morgan fingerprint density at radius 1 is 1.16 bits per heavy atom. The van der Waals surface area contributed by atoms with Crippen LogP contribution in [0.15, 0.2) is 67.1 Å². The van der Waals surface area contributed by atoms with Gasteiger partial charge in [-0.2, -0.15) is 5.10 Å². The Morgan fingerprint density at radius 3 is 2.76 bits per heavy atom. The second-order valence-corrected chi connectivity index (χ2v) is 10.0. The van der Waals surface area contributed by atoms with E-state index < -0.39 is 0 Å². The van der Waals surface area contributed by atoms with E-state index in [0.717, 1.165) is 53.0 Å². The molecule has 1 aliphatic carbocycles. The highest BCUT2D eigenvalue weighted by atomic mass is 16.5. The van der Waals surface area contributed by atoms with E-state index >= 15 is 0 Å². The van der Waals surface area contributed by atoms with Crippen molar-refractivity contribution in [2.45, 2.75) is 58.0 Å². The maximum atomic E-state index is 14.1. The molecule has 1 unspecified atom stereocenters. The van der Waals surface area contributed by atoms with Gasteiger partial charge in [0, 0.05) is 23.5 Å². The molecule has 8 heteroatoms. The van der Waals surface area contributed by atoms with Crippen LogP contribution in [0.2, 0.25) is 0 Å². The number of aromatic hydroxyl groups is 1. The number of hydrogen-bond acceptors (Lipinski definition) is 6. The summed E-state index contributed by atoms with van der Waals surface area (Å²) in [7, 11) is 1.60. The molecule has 0 aliphatic heterocycles. The summed E-state index contributed by atoms with van der Waals surface area (Å²) in [6.45, 7) is 5.05. The molecule has 1 atom stereocenters. The highest BCUT2D eigenvalue weighted by molar-refractivity contribution is 5.98. The monoisotopic (exact) mass is 511 g/mol. The largest absolute Gasteiger partial charge is 0.508 e. The first kappa shape index (κ1) is 25.4. The molecule has 1 aromatic carbocycles. The summed E-state index contributed by atoms with van der Waals surface area (Å²) >= 11 is 0. The number of carbonyl (C=O) groups is 1. The number of phenolic OH excluding ortho intramolecular Hbond substituents is 1. The van der Waals surface area contributed by atoms with Crippen LogP contribution >= 0.6 is 0 Å². The number of phenols is 1. The summed E-state index contributed by atoms with van der Waals surface area (Å²) in [4.78, 5) is 25.0. The van der Waals surface area contributed by atoms with Crippen molar-refractivity contribution in [3.8, 4) is 11.6 Å². The quantitative estimate of drug-likeness (QED) is 0.349. The minimum absolute atomic E-state index is 0.00198. The predicted molar refractivity (Wildman–Crippen MR) is 145 cm³/mol. The van der Waals surface area contributed by atoms with Crippen LogP contribution < -0.4 is 9.64 Å². The van der Waals surface area contributed by atoms with Crippen LogP contribution in [0.3, 0.4) is 0 Å². The summed E-state index contributed by atoms with van der Waals surface area (Å²) in [6, 6.07) is 15.1. The lowest BCUT2D eigenvalue weighted by Crippen LogP contribution is -2.36. The molecule has 0 bridgehead atoms. The number of fused-ring (bicyclic) bond motifs is 1. The lowest BCUT2D eigenvalue weighted by molar-refractivity contribution is -0.120. The first-order chi connectivity index (χ1) is 18.4. The van der Waals surface area contributed by atoms with E-state index in [4.69, 9.17) is 4.74 Å². The Balaban J connectivity index is 1.43. The normalized spacial score (nSPS) is 14.8. The molecule has 0 saturated carbocycles.